The Kier molecular flexibility index (Phi) is 6.46. The molecule has 3 rings (SSSR count). The molecule has 2 aromatic rings. The van der Waals surface area contributed by atoms with Crippen molar-refractivity contribution >= 4 is 17.3 Å². The zero-order chi connectivity index (χ0) is 18.2. The molecule has 1 aliphatic heterocycles. The molecular formula is C20H26N4O2. The first-order valence-corrected chi connectivity index (χ1v) is 8.97. The summed E-state index contributed by atoms with van der Waals surface area (Å²) in [6.45, 7) is 5.62. The summed E-state index contributed by atoms with van der Waals surface area (Å²) in [5, 5.41) is 9.67. The second-order valence-corrected chi connectivity index (χ2v) is 6.25. The Labute approximate surface area is 154 Å². The fraction of sp³-hybridized carbons (Fsp3) is 0.350. The van der Waals surface area contributed by atoms with Gasteiger partial charge in [0.15, 0.2) is 0 Å². The van der Waals surface area contributed by atoms with E-state index >= 15 is 0 Å². The number of para-hydroxylation sites is 1. The van der Waals surface area contributed by atoms with Gasteiger partial charge < -0.3 is 20.7 Å². The molecule has 6 nitrogen and oxygen atoms in total. The standard InChI is InChI=1S/C20H26N4O2/c1-26-17-8-6-16(7-9-17)23-19-5-3-2-4-18(19)20(25)22-12-15-24-13-10-21-11-14-24/h2-9,21,23H,10-15H2,1H3,(H,22,25). The summed E-state index contributed by atoms with van der Waals surface area (Å²) < 4.78 is 5.18. The molecule has 0 bridgehead atoms. The molecule has 3 N–H and O–H groups in total. The van der Waals surface area contributed by atoms with Gasteiger partial charge in [0.05, 0.1) is 18.4 Å². The molecule has 6 heteroatoms. The van der Waals surface area contributed by atoms with Crippen molar-refractivity contribution in [1.82, 2.24) is 15.5 Å². The Hall–Kier alpha value is -2.57. The summed E-state index contributed by atoms with van der Waals surface area (Å²) >= 11 is 0. The van der Waals surface area contributed by atoms with Crippen molar-refractivity contribution in [2.45, 2.75) is 0 Å². The molecule has 0 atom stereocenters. The summed E-state index contributed by atoms with van der Waals surface area (Å²) in [5.74, 6) is 0.742. The third kappa shape index (κ3) is 4.97. The van der Waals surface area contributed by atoms with Gasteiger partial charge in [0, 0.05) is 45.0 Å². The molecule has 1 amide bonds. The van der Waals surface area contributed by atoms with Crippen molar-refractivity contribution in [2.75, 3.05) is 51.7 Å². The normalized spacial score (nSPS) is 14.7. The van der Waals surface area contributed by atoms with Gasteiger partial charge in [-0.25, -0.2) is 0 Å². The van der Waals surface area contributed by atoms with Crippen molar-refractivity contribution in [3.63, 3.8) is 0 Å². The number of piperazine rings is 1. The largest absolute Gasteiger partial charge is 0.497 e. The molecule has 0 radical (unpaired) electrons. The van der Waals surface area contributed by atoms with Crippen LogP contribution in [0.1, 0.15) is 10.4 Å². The topological polar surface area (TPSA) is 65.6 Å². The number of ether oxygens (including phenoxy) is 1. The molecule has 2 aromatic carbocycles. The number of amides is 1. The van der Waals surface area contributed by atoms with E-state index in [2.05, 4.69) is 20.9 Å². The molecule has 1 heterocycles. The molecule has 138 valence electrons. The number of anilines is 2. The Bertz CT molecular complexity index is 712. The lowest BCUT2D eigenvalue weighted by Gasteiger charge is -2.27. The molecule has 0 saturated carbocycles. The highest BCUT2D eigenvalue weighted by molar-refractivity contribution is 6.00. The van der Waals surface area contributed by atoms with Crippen LogP contribution >= 0.6 is 0 Å². The van der Waals surface area contributed by atoms with E-state index in [1.54, 1.807) is 7.11 Å². The molecule has 1 fully saturated rings. The number of carbonyl (C=O) groups is 1. The fourth-order valence-electron chi connectivity index (χ4n) is 2.98. The van der Waals surface area contributed by atoms with Gasteiger partial charge >= 0.3 is 0 Å². The third-order valence-corrected chi connectivity index (χ3v) is 4.46. The summed E-state index contributed by atoms with van der Waals surface area (Å²) in [6.07, 6.45) is 0. The molecule has 1 saturated heterocycles. The van der Waals surface area contributed by atoms with E-state index < -0.39 is 0 Å². The number of hydrogen-bond donors (Lipinski definition) is 3. The monoisotopic (exact) mass is 354 g/mol. The smallest absolute Gasteiger partial charge is 0.253 e. The van der Waals surface area contributed by atoms with Crippen LogP contribution in [0.15, 0.2) is 48.5 Å². The van der Waals surface area contributed by atoms with Crippen molar-refractivity contribution in [1.29, 1.82) is 0 Å². The molecule has 1 aliphatic rings. The molecule has 0 unspecified atom stereocenters. The predicted molar refractivity (Wildman–Crippen MR) is 104 cm³/mol. The van der Waals surface area contributed by atoms with Crippen LogP contribution in [0.2, 0.25) is 0 Å². The van der Waals surface area contributed by atoms with Gasteiger partial charge in [0.2, 0.25) is 0 Å². The Morgan fingerprint density at radius 2 is 1.85 bits per heavy atom. The second-order valence-electron chi connectivity index (χ2n) is 6.25. The number of hydrogen-bond acceptors (Lipinski definition) is 5. The third-order valence-electron chi connectivity index (χ3n) is 4.46. The molecule has 0 aromatic heterocycles. The average Bonchev–Trinajstić information content (AvgIpc) is 2.70. The van der Waals surface area contributed by atoms with Gasteiger partial charge in [0.1, 0.15) is 5.75 Å². The lowest BCUT2D eigenvalue weighted by Crippen LogP contribution is -2.46. The molecule has 0 spiro atoms. The quantitative estimate of drug-likeness (QED) is 0.710. The first-order chi connectivity index (χ1) is 12.8. The van der Waals surface area contributed by atoms with Crippen LogP contribution in [0.25, 0.3) is 0 Å². The van der Waals surface area contributed by atoms with Gasteiger partial charge in [-0.2, -0.15) is 0 Å². The van der Waals surface area contributed by atoms with Crippen LogP contribution in [-0.4, -0.2) is 57.2 Å². The maximum absolute atomic E-state index is 12.6. The number of benzene rings is 2. The van der Waals surface area contributed by atoms with Crippen LogP contribution in [0.5, 0.6) is 5.75 Å². The molecule has 26 heavy (non-hydrogen) atoms. The summed E-state index contributed by atoms with van der Waals surface area (Å²) in [5.41, 5.74) is 2.34. The zero-order valence-electron chi connectivity index (χ0n) is 15.1. The van der Waals surface area contributed by atoms with E-state index in [-0.39, 0.29) is 5.91 Å². The maximum Gasteiger partial charge on any atom is 0.253 e. The van der Waals surface area contributed by atoms with Crippen molar-refractivity contribution in [2.24, 2.45) is 0 Å². The number of methoxy groups -OCH3 is 1. The van der Waals surface area contributed by atoms with E-state index in [9.17, 15) is 4.79 Å². The SMILES string of the molecule is COc1ccc(Nc2ccccc2C(=O)NCCN2CCNCC2)cc1. The van der Waals surface area contributed by atoms with Crippen LogP contribution in [0.3, 0.4) is 0 Å². The summed E-state index contributed by atoms with van der Waals surface area (Å²) in [6, 6.07) is 15.2. The number of nitrogens with zero attached hydrogens (tertiary/aromatic N) is 1. The molecule has 0 aliphatic carbocycles. The van der Waals surface area contributed by atoms with E-state index in [4.69, 9.17) is 4.74 Å². The second kappa shape index (κ2) is 9.22. The van der Waals surface area contributed by atoms with E-state index in [0.717, 1.165) is 49.8 Å². The number of nitrogens with one attached hydrogen (secondary N) is 3. The first kappa shape index (κ1) is 18.2. The van der Waals surface area contributed by atoms with Crippen molar-refractivity contribution in [3.05, 3.63) is 54.1 Å². The Morgan fingerprint density at radius 3 is 2.58 bits per heavy atom. The van der Waals surface area contributed by atoms with Gasteiger partial charge in [-0.15, -0.1) is 0 Å². The van der Waals surface area contributed by atoms with Gasteiger partial charge in [0.25, 0.3) is 5.91 Å². The van der Waals surface area contributed by atoms with Crippen LogP contribution in [0.4, 0.5) is 11.4 Å². The highest BCUT2D eigenvalue weighted by Crippen LogP contribution is 2.22. The molecular weight excluding hydrogens is 328 g/mol. The Morgan fingerprint density at radius 1 is 1.12 bits per heavy atom. The average molecular weight is 354 g/mol. The minimum Gasteiger partial charge on any atom is -0.497 e. The Balaban J connectivity index is 1.59. The first-order valence-electron chi connectivity index (χ1n) is 8.97. The van der Waals surface area contributed by atoms with E-state index in [1.807, 2.05) is 48.5 Å². The minimum atomic E-state index is -0.0586. The lowest BCUT2D eigenvalue weighted by molar-refractivity contribution is 0.0948. The lowest BCUT2D eigenvalue weighted by atomic mass is 10.1. The van der Waals surface area contributed by atoms with E-state index in [1.165, 1.54) is 0 Å². The summed E-state index contributed by atoms with van der Waals surface area (Å²) in [4.78, 5) is 15.0. The zero-order valence-corrected chi connectivity index (χ0v) is 15.1. The van der Waals surface area contributed by atoms with E-state index in [0.29, 0.717) is 12.1 Å². The highest BCUT2D eigenvalue weighted by Gasteiger charge is 2.13. The van der Waals surface area contributed by atoms with Crippen LogP contribution in [-0.2, 0) is 0 Å². The van der Waals surface area contributed by atoms with Gasteiger partial charge in [-0.3, -0.25) is 9.69 Å². The van der Waals surface area contributed by atoms with Crippen LogP contribution < -0.4 is 20.7 Å². The van der Waals surface area contributed by atoms with Gasteiger partial charge in [-0.1, -0.05) is 12.1 Å². The van der Waals surface area contributed by atoms with Gasteiger partial charge in [-0.05, 0) is 36.4 Å². The number of rotatable bonds is 7. The minimum absolute atomic E-state index is 0.0586. The summed E-state index contributed by atoms with van der Waals surface area (Å²) in [7, 11) is 1.64. The van der Waals surface area contributed by atoms with Crippen molar-refractivity contribution < 1.29 is 9.53 Å². The fourth-order valence-corrected chi connectivity index (χ4v) is 2.98. The van der Waals surface area contributed by atoms with Crippen molar-refractivity contribution in [3.8, 4) is 5.75 Å². The van der Waals surface area contributed by atoms with Crippen LogP contribution in [0, 0.1) is 0 Å². The number of carbonyl (C=O) groups excluding carboxylic acids is 1. The predicted octanol–water partition coefficient (Wildman–Crippen LogP) is 2.07. The maximum atomic E-state index is 12.6. The highest BCUT2D eigenvalue weighted by atomic mass is 16.5.